The SMILES string of the molecule is O=C(NCc1ccc(F)cc1Cl)Nc1ccc(O)cc1. The number of phenolic OH excluding ortho intramolecular Hbond substituents is 1. The van der Waals surface area contributed by atoms with Crippen molar-refractivity contribution in [2.45, 2.75) is 6.54 Å². The summed E-state index contributed by atoms with van der Waals surface area (Å²) in [6.45, 7) is 0.184. The molecular weight excluding hydrogens is 283 g/mol. The Labute approximate surface area is 120 Å². The molecule has 2 rings (SSSR count). The van der Waals surface area contributed by atoms with Crippen molar-refractivity contribution >= 4 is 23.3 Å². The minimum Gasteiger partial charge on any atom is -0.508 e. The van der Waals surface area contributed by atoms with E-state index in [0.717, 1.165) is 0 Å². The zero-order chi connectivity index (χ0) is 14.5. The molecule has 0 radical (unpaired) electrons. The number of hydrogen-bond donors (Lipinski definition) is 3. The lowest BCUT2D eigenvalue weighted by atomic mass is 10.2. The third kappa shape index (κ3) is 3.86. The number of phenols is 1. The van der Waals surface area contributed by atoms with Gasteiger partial charge >= 0.3 is 6.03 Å². The lowest BCUT2D eigenvalue weighted by molar-refractivity contribution is 0.251. The minimum absolute atomic E-state index is 0.119. The molecule has 0 aliphatic carbocycles. The molecule has 0 aromatic heterocycles. The lowest BCUT2D eigenvalue weighted by Gasteiger charge is -2.09. The van der Waals surface area contributed by atoms with E-state index < -0.39 is 11.8 Å². The number of nitrogens with one attached hydrogen (secondary N) is 2. The molecule has 0 spiro atoms. The van der Waals surface area contributed by atoms with Crippen LogP contribution < -0.4 is 10.6 Å². The molecule has 2 aromatic rings. The van der Waals surface area contributed by atoms with Crippen molar-refractivity contribution in [2.24, 2.45) is 0 Å². The number of aromatic hydroxyl groups is 1. The fraction of sp³-hybridized carbons (Fsp3) is 0.0714. The van der Waals surface area contributed by atoms with E-state index in [-0.39, 0.29) is 17.3 Å². The van der Waals surface area contributed by atoms with Crippen LogP contribution in [0.15, 0.2) is 42.5 Å². The van der Waals surface area contributed by atoms with E-state index in [1.165, 1.54) is 30.3 Å². The first kappa shape index (κ1) is 14.1. The number of hydrogen-bond acceptors (Lipinski definition) is 2. The van der Waals surface area contributed by atoms with Crippen molar-refractivity contribution < 1.29 is 14.3 Å². The maximum Gasteiger partial charge on any atom is 0.319 e. The summed E-state index contributed by atoms with van der Waals surface area (Å²) in [4.78, 5) is 11.6. The first-order valence-corrected chi connectivity index (χ1v) is 6.20. The molecule has 2 aromatic carbocycles. The Bertz CT molecular complexity index is 617. The Balaban J connectivity index is 1.90. The Morgan fingerprint density at radius 3 is 2.55 bits per heavy atom. The van der Waals surface area contributed by atoms with Crippen LogP contribution in [-0.4, -0.2) is 11.1 Å². The van der Waals surface area contributed by atoms with E-state index in [1.54, 1.807) is 12.1 Å². The summed E-state index contributed by atoms with van der Waals surface area (Å²) in [5, 5.41) is 14.6. The van der Waals surface area contributed by atoms with E-state index in [4.69, 9.17) is 16.7 Å². The maximum atomic E-state index is 12.9. The Hall–Kier alpha value is -2.27. The van der Waals surface area contributed by atoms with Gasteiger partial charge in [0.05, 0.1) is 0 Å². The fourth-order valence-electron chi connectivity index (χ4n) is 1.56. The molecule has 0 bridgehead atoms. The topological polar surface area (TPSA) is 61.4 Å². The Kier molecular flexibility index (Phi) is 4.42. The van der Waals surface area contributed by atoms with Crippen molar-refractivity contribution in [3.05, 3.63) is 58.9 Å². The van der Waals surface area contributed by atoms with Gasteiger partial charge in [-0.05, 0) is 42.0 Å². The van der Waals surface area contributed by atoms with Crippen molar-refractivity contribution in [2.75, 3.05) is 5.32 Å². The van der Waals surface area contributed by atoms with E-state index in [0.29, 0.717) is 11.3 Å². The molecule has 0 saturated heterocycles. The molecule has 0 heterocycles. The monoisotopic (exact) mass is 294 g/mol. The van der Waals surface area contributed by atoms with Gasteiger partial charge in [-0.3, -0.25) is 0 Å². The van der Waals surface area contributed by atoms with Crippen LogP contribution in [0, 0.1) is 5.82 Å². The van der Waals surface area contributed by atoms with Crippen LogP contribution in [-0.2, 0) is 6.54 Å². The van der Waals surface area contributed by atoms with Crippen molar-refractivity contribution in [1.82, 2.24) is 5.32 Å². The molecule has 20 heavy (non-hydrogen) atoms. The molecule has 0 aliphatic rings. The van der Waals surface area contributed by atoms with Crippen LogP contribution in [0.25, 0.3) is 0 Å². The van der Waals surface area contributed by atoms with E-state index in [2.05, 4.69) is 10.6 Å². The average Bonchev–Trinajstić information content (AvgIpc) is 2.40. The van der Waals surface area contributed by atoms with Gasteiger partial charge < -0.3 is 15.7 Å². The highest BCUT2D eigenvalue weighted by atomic mass is 35.5. The molecule has 3 N–H and O–H groups in total. The first-order valence-electron chi connectivity index (χ1n) is 5.82. The number of benzene rings is 2. The van der Waals surface area contributed by atoms with Crippen LogP contribution >= 0.6 is 11.6 Å². The average molecular weight is 295 g/mol. The van der Waals surface area contributed by atoms with E-state index >= 15 is 0 Å². The highest BCUT2D eigenvalue weighted by Crippen LogP contribution is 2.17. The zero-order valence-electron chi connectivity index (χ0n) is 10.4. The number of rotatable bonds is 3. The molecular formula is C14H12ClFN2O2. The molecule has 0 saturated carbocycles. The molecule has 0 fully saturated rings. The highest BCUT2D eigenvalue weighted by molar-refractivity contribution is 6.31. The van der Waals surface area contributed by atoms with Crippen LogP contribution in [0.4, 0.5) is 14.9 Å². The first-order chi connectivity index (χ1) is 9.54. The third-order valence-corrected chi connectivity index (χ3v) is 2.93. The van der Waals surface area contributed by atoms with Gasteiger partial charge in [0.25, 0.3) is 0 Å². The zero-order valence-corrected chi connectivity index (χ0v) is 11.1. The van der Waals surface area contributed by atoms with Gasteiger partial charge in [-0.1, -0.05) is 17.7 Å². The molecule has 2 amide bonds. The van der Waals surface area contributed by atoms with Crippen LogP contribution in [0.3, 0.4) is 0 Å². The van der Waals surface area contributed by atoms with Crippen LogP contribution in [0.2, 0.25) is 5.02 Å². The number of amides is 2. The van der Waals surface area contributed by atoms with Gasteiger partial charge in [0, 0.05) is 17.3 Å². The van der Waals surface area contributed by atoms with Crippen LogP contribution in [0.1, 0.15) is 5.56 Å². The summed E-state index contributed by atoms with van der Waals surface area (Å²) in [6, 6.07) is 9.63. The van der Waals surface area contributed by atoms with Gasteiger partial charge in [-0.25, -0.2) is 9.18 Å². The summed E-state index contributed by atoms with van der Waals surface area (Å²) in [7, 11) is 0. The van der Waals surface area contributed by atoms with Gasteiger partial charge in [-0.15, -0.1) is 0 Å². The second kappa shape index (κ2) is 6.25. The quantitative estimate of drug-likeness (QED) is 0.759. The lowest BCUT2D eigenvalue weighted by Crippen LogP contribution is -2.28. The third-order valence-electron chi connectivity index (χ3n) is 2.58. The minimum atomic E-state index is -0.424. The molecule has 0 aliphatic heterocycles. The standard InChI is InChI=1S/C14H12ClFN2O2/c15-13-7-10(16)2-1-9(13)8-17-14(20)18-11-3-5-12(19)6-4-11/h1-7,19H,8H2,(H2,17,18,20). The van der Waals surface area contributed by atoms with Crippen LogP contribution in [0.5, 0.6) is 5.75 Å². The van der Waals surface area contributed by atoms with E-state index in [1.807, 2.05) is 0 Å². The number of halogens is 2. The predicted octanol–water partition coefficient (Wildman–Crippen LogP) is 3.51. The summed E-state index contributed by atoms with van der Waals surface area (Å²) >= 11 is 5.85. The van der Waals surface area contributed by atoms with Gasteiger partial charge in [0.2, 0.25) is 0 Å². The maximum absolute atomic E-state index is 12.9. The second-order valence-corrected chi connectivity index (χ2v) is 4.50. The van der Waals surface area contributed by atoms with Crippen molar-refractivity contribution in [1.29, 1.82) is 0 Å². The molecule has 6 heteroatoms. The highest BCUT2D eigenvalue weighted by Gasteiger charge is 2.05. The Morgan fingerprint density at radius 2 is 1.90 bits per heavy atom. The molecule has 4 nitrogen and oxygen atoms in total. The summed E-state index contributed by atoms with van der Waals surface area (Å²) < 4.78 is 12.9. The summed E-state index contributed by atoms with van der Waals surface area (Å²) in [5.41, 5.74) is 1.17. The Morgan fingerprint density at radius 1 is 1.20 bits per heavy atom. The number of urea groups is 1. The molecule has 0 atom stereocenters. The molecule has 104 valence electrons. The van der Waals surface area contributed by atoms with E-state index in [9.17, 15) is 9.18 Å². The van der Waals surface area contributed by atoms with Crippen molar-refractivity contribution in [3.63, 3.8) is 0 Å². The fourth-order valence-corrected chi connectivity index (χ4v) is 1.79. The number of carbonyl (C=O) groups is 1. The van der Waals surface area contributed by atoms with Gasteiger partial charge in [0.15, 0.2) is 0 Å². The van der Waals surface area contributed by atoms with Gasteiger partial charge in [-0.2, -0.15) is 0 Å². The number of anilines is 1. The van der Waals surface area contributed by atoms with Crippen molar-refractivity contribution in [3.8, 4) is 5.75 Å². The normalized spacial score (nSPS) is 10.1. The largest absolute Gasteiger partial charge is 0.508 e. The second-order valence-electron chi connectivity index (χ2n) is 4.09. The summed E-state index contributed by atoms with van der Waals surface area (Å²) in [5.74, 6) is -0.304. The number of carbonyl (C=O) groups excluding carboxylic acids is 1. The van der Waals surface area contributed by atoms with Gasteiger partial charge in [0.1, 0.15) is 11.6 Å². The predicted molar refractivity (Wildman–Crippen MR) is 75.4 cm³/mol. The summed E-state index contributed by atoms with van der Waals surface area (Å²) in [6.07, 6.45) is 0. The smallest absolute Gasteiger partial charge is 0.319 e. The molecule has 0 unspecified atom stereocenters.